The number of hydrogen-bond acceptors (Lipinski definition) is 5. The number of halogens is 1. The van der Waals surface area contributed by atoms with Gasteiger partial charge in [0, 0.05) is 17.8 Å². The highest BCUT2D eigenvalue weighted by Gasteiger charge is 2.17. The number of benzene rings is 3. The van der Waals surface area contributed by atoms with E-state index in [0.29, 0.717) is 11.3 Å². The van der Waals surface area contributed by atoms with Crippen LogP contribution in [0.4, 0.5) is 11.4 Å². The van der Waals surface area contributed by atoms with E-state index >= 15 is 0 Å². The van der Waals surface area contributed by atoms with Gasteiger partial charge in [-0.3, -0.25) is 19.7 Å². The molecular weight excluding hydrogens is 450 g/mol. The van der Waals surface area contributed by atoms with Crippen molar-refractivity contribution in [3.05, 3.63) is 110 Å². The fourth-order valence-electron chi connectivity index (χ4n) is 2.75. The minimum absolute atomic E-state index is 0.0432. The highest BCUT2D eigenvalue weighted by Crippen LogP contribution is 2.18. The highest BCUT2D eigenvalue weighted by molar-refractivity contribution is 6.34. The zero-order chi connectivity index (χ0) is 24.0. The van der Waals surface area contributed by atoms with Crippen molar-refractivity contribution in [3.8, 4) is 0 Å². The Labute approximate surface area is 192 Å². The molecule has 0 spiro atoms. The van der Waals surface area contributed by atoms with Gasteiger partial charge in [-0.2, -0.15) is 0 Å². The number of aromatic carboxylic acids is 1. The minimum Gasteiger partial charge on any atom is -0.478 e. The molecule has 0 radical (unpaired) electrons. The molecule has 2 amide bonds. The highest BCUT2D eigenvalue weighted by atomic mass is 35.5. The van der Waals surface area contributed by atoms with Crippen LogP contribution in [0.2, 0.25) is 5.02 Å². The van der Waals surface area contributed by atoms with Crippen LogP contribution in [0.25, 0.3) is 6.08 Å². The average Bonchev–Trinajstić information content (AvgIpc) is 2.79. The molecule has 0 atom stereocenters. The van der Waals surface area contributed by atoms with E-state index in [-0.39, 0.29) is 27.5 Å². The first kappa shape index (κ1) is 23.2. The summed E-state index contributed by atoms with van der Waals surface area (Å²) in [6, 6.07) is 17.1. The lowest BCUT2D eigenvalue weighted by atomic mass is 10.1. The normalized spacial score (nSPS) is 10.9. The van der Waals surface area contributed by atoms with E-state index in [1.807, 2.05) is 0 Å². The molecule has 0 aliphatic carbocycles. The Hall–Kier alpha value is -4.50. The van der Waals surface area contributed by atoms with Gasteiger partial charge in [0.05, 0.1) is 21.1 Å². The van der Waals surface area contributed by atoms with E-state index in [2.05, 4.69) is 10.6 Å². The second kappa shape index (κ2) is 10.2. The Morgan fingerprint density at radius 3 is 2.15 bits per heavy atom. The molecule has 0 aromatic heterocycles. The molecule has 0 heterocycles. The van der Waals surface area contributed by atoms with Crippen LogP contribution in [-0.2, 0) is 4.79 Å². The number of anilines is 1. The van der Waals surface area contributed by atoms with Gasteiger partial charge in [0.25, 0.3) is 17.5 Å². The van der Waals surface area contributed by atoms with Crippen LogP contribution in [0.1, 0.15) is 26.3 Å². The number of rotatable bonds is 7. The lowest BCUT2D eigenvalue weighted by molar-refractivity contribution is -0.384. The van der Waals surface area contributed by atoms with Gasteiger partial charge in [-0.15, -0.1) is 0 Å². The average molecular weight is 466 g/mol. The molecule has 10 heteroatoms. The number of carbonyl (C=O) groups is 3. The Kier molecular flexibility index (Phi) is 7.17. The predicted molar refractivity (Wildman–Crippen MR) is 122 cm³/mol. The van der Waals surface area contributed by atoms with Crippen LogP contribution < -0.4 is 10.6 Å². The molecule has 3 N–H and O–H groups in total. The third kappa shape index (κ3) is 6.02. The molecule has 9 nitrogen and oxygen atoms in total. The summed E-state index contributed by atoms with van der Waals surface area (Å²) in [6.45, 7) is 0. The van der Waals surface area contributed by atoms with Gasteiger partial charge in [0.2, 0.25) is 0 Å². The van der Waals surface area contributed by atoms with Gasteiger partial charge in [-0.25, -0.2) is 4.79 Å². The maximum absolute atomic E-state index is 12.9. The molecule has 3 rings (SSSR count). The maximum atomic E-state index is 12.9. The SMILES string of the molecule is O=C(Nc1ccc(C(=O)O)cc1)/C(=C\c1ccc([N+](=O)[O-])cc1)NC(=O)c1ccccc1Cl. The molecule has 0 unspecified atom stereocenters. The molecule has 3 aromatic rings. The molecule has 0 aliphatic rings. The summed E-state index contributed by atoms with van der Waals surface area (Å²) >= 11 is 6.07. The van der Waals surface area contributed by atoms with Crippen molar-refractivity contribution in [1.82, 2.24) is 5.32 Å². The summed E-state index contributed by atoms with van der Waals surface area (Å²) in [7, 11) is 0. The zero-order valence-electron chi connectivity index (χ0n) is 16.8. The first-order chi connectivity index (χ1) is 15.7. The van der Waals surface area contributed by atoms with Gasteiger partial charge in [-0.05, 0) is 60.2 Å². The molecule has 0 fully saturated rings. The molecule has 0 saturated carbocycles. The fourth-order valence-corrected chi connectivity index (χ4v) is 2.97. The number of hydrogen-bond donors (Lipinski definition) is 3. The summed E-state index contributed by atoms with van der Waals surface area (Å²) in [5.74, 6) is -2.44. The quantitative estimate of drug-likeness (QED) is 0.269. The van der Waals surface area contributed by atoms with Crippen molar-refractivity contribution >= 4 is 46.8 Å². The van der Waals surface area contributed by atoms with Crippen LogP contribution in [0.3, 0.4) is 0 Å². The molecule has 0 saturated heterocycles. The third-order valence-electron chi connectivity index (χ3n) is 4.42. The van der Waals surface area contributed by atoms with Crippen molar-refractivity contribution in [2.24, 2.45) is 0 Å². The first-order valence-corrected chi connectivity index (χ1v) is 9.79. The summed E-state index contributed by atoms with van der Waals surface area (Å²) in [5.41, 5.74) is 0.625. The third-order valence-corrected chi connectivity index (χ3v) is 4.75. The van der Waals surface area contributed by atoms with Crippen LogP contribution in [-0.4, -0.2) is 27.8 Å². The summed E-state index contributed by atoms with van der Waals surface area (Å²) in [4.78, 5) is 46.9. The van der Waals surface area contributed by atoms with Crippen molar-refractivity contribution in [1.29, 1.82) is 0 Å². The number of carbonyl (C=O) groups excluding carboxylic acids is 2. The van der Waals surface area contributed by atoms with Gasteiger partial charge >= 0.3 is 5.97 Å². The molecule has 166 valence electrons. The van der Waals surface area contributed by atoms with Crippen LogP contribution in [0.15, 0.2) is 78.5 Å². The minimum atomic E-state index is -1.11. The number of nitro groups is 1. The van der Waals surface area contributed by atoms with Gasteiger partial charge < -0.3 is 15.7 Å². The van der Waals surface area contributed by atoms with E-state index in [0.717, 1.165) is 0 Å². The van der Waals surface area contributed by atoms with E-state index in [4.69, 9.17) is 16.7 Å². The summed E-state index contributed by atoms with van der Waals surface area (Å²) in [5, 5.41) is 25.1. The Balaban J connectivity index is 1.90. The lowest BCUT2D eigenvalue weighted by Crippen LogP contribution is -2.31. The van der Waals surface area contributed by atoms with E-state index in [9.17, 15) is 24.5 Å². The molecular formula is C23H16ClN3O6. The van der Waals surface area contributed by atoms with Crippen molar-refractivity contribution in [3.63, 3.8) is 0 Å². The number of nitrogens with zero attached hydrogens (tertiary/aromatic N) is 1. The largest absolute Gasteiger partial charge is 0.478 e. The van der Waals surface area contributed by atoms with Crippen molar-refractivity contribution in [2.75, 3.05) is 5.32 Å². The number of amides is 2. The summed E-state index contributed by atoms with van der Waals surface area (Å²) in [6.07, 6.45) is 1.35. The van der Waals surface area contributed by atoms with Crippen molar-refractivity contribution < 1.29 is 24.4 Å². The Bertz CT molecular complexity index is 1250. The second-order valence-corrected chi connectivity index (χ2v) is 7.08. The summed E-state index contributed by atoms with van der Waals surface area (Å²) < 4.78 is 0. The molecule has 33 heavy (non-hydrogen) atoms. The molecule has 0 bridgehead atoms. The van der Waals surface area contributed by atoms with Crippen LogP contribution in [0.5, 0.6) is 0 Å². The number of nitrogens with one attached hydrogen (secondary N) is 2. The smallest absolute Gasteiger partial charge is 0.335 e. The van der Waals surface area contributed by atoms with Crippen LogP contribution >= 0.6 is 11.6 Å². The first-order valence-electron chi connectivity index (χ1n) is 9.41. The van der Waals surface area contributed by atoms with E-state index in [1.54, 1.807) is 12.1 Å². The Morgan fingerprint density at radius 1 is 0.939 bits per heavy atom. The fraction of sp³-hybridized carbons (Fsp3) is 0. The van der Waals surface area contributed by atoms with Crippen molar-refractivity contribution in [2.45, 2.75) is 0 Å². The second-order valence-electron chi connectivity index (χ2n) is 6.68. The van der Waals surface area contributed by atoms with Gasteiger partial charge in [-0.1, -0.05) is 23.7 Å². The molecule has 3 aromatic carbocycles. The maximum Gasteiger partial charge on any atom is 0.335 e. The number of non-ortho nitro benzene ring substituents is 1. The number of carboxylic acids is 1. The van der Waals surface area contributed by atoms with Crippen LogP contribution in [0, 0.1) is 10.1 Å². The predicted octanol–water partition coefficient (Wildman–Crippen LogP) is 4.36. The number of carboxylic acid groups (broad SMARTS) is 1. The monoisotopic (exact) mass is 465 g/mol. The van der Waals surface area contributed by atoms with Gasteiger partial charge in [0.15, 0.2) is 0 Å². The number of nitro benzene ring substituents is 1. The van der Waals surface area contributed by atoms with E-state index in [1.165, 1.54) is 66.7 Å². The van der Waals surface area contributed by atoms with Gasteiger partial charge in [0.1, 0.15) is 5.70 Å². The topological polar surface area (TPSA) is 139 Å². The molecule has 0 aliphatic heterocycles. The lowest BCUT2D eigenvalue weighted by Gasteiger charge is -2.12. The Morgan fingerprint density at radius 2 is 1.58 bits per heavy atom. The van der Waals surface area contributed by atoms with E-state index < -0.39 is 22.7 Å². The standard InChI is InChI=1S/C23H16ClN3O6/c24-19-4-2-1-3-18(19)21(28)26-20(13-14-5-11-17(12-6-14)27(32)33)22(29)25-16-9-7-15(8-10-16)23(30)31/h1-13H,(H,25,29)(H,26,28)(H,30,31)/b20-13+. The zero-order valence-corrected chi connectivity index (χ0v) is 17.6.